The molecule has 4 fully saturated rings. The summed E-state index contributed by atoms with van der Waals surface area (Å²) in [5.41, 5.74) is 1.84. The summed E-state index contributed by atoms with van der Waals surface area (Å²) in [7, 11) is 0. The highest BCUT2D eigenvalue weighted by atomic mass is 16.2. The SMILES string of the molecule is O=C1CCC(N2C(=O)c3cccc(NCc4cnn(C5CCN(C(=O)C6CCN(C(=O)C7CCC7)CC6)CC5)c4)c3C2=O)C(=O)N1. The number of benzene rings is 1. The molecule has 3 saturated heterocycles. The number of rotatable bonds is 7. The van der Waals surface area contributed by atoms with Gasteiger partial charge in [0.15, 0.2) is 0 Å². The molecule has 6 amide bonds. The lowest BCUT2D eigenvalue weighted by Crippen LogP contribution is -2.54. The fourth-order valence-electron chi connectivity index (χ4n) is 7.40. The zero-order valence-electron chi connectivity index (χ0n) is 25.8. The van der Waals surface area contributed by atoms with Crippen molar-refractivity contribution >= 4 is 41.1 Å². The lowest BCUT2D eigenvalue weighted by Gasteiger charge is -2.39. The van der Waals surface area contributed by atoms with Gasteiger partial charge in [0.1, 0.15) is 6.04 Å². The molecule has 0 radical (unpaired) electrons. The van der Waals surface area contributed by atoms with Crippen LogP contribution in [0.15, 0.2) is 30.6 Å². The molecule has 13 nitrogen and oxygen atoms in total. The summed E-state index contributed by atoms with van der Waals surface area (Å²) < 4.78 is 1.94. The van der Waals surface area contributed by atoms with Gasteiger partial charge in [-0.25, -0.2) is 0 Å². The van der Waals surface area contributed by atoms with E-state index >= 15 is 0 Å². The summed E-state index contributed by atoms with van der Waals surface area (Å²) in [6, 6.07) is 4.14. The first-order valence-corrected chi connectivity index (χ1v) is 16.5. The maximum Gasteiger partial charge on any atom is 0.264 e. The van der Waals surface area contributed by atoms with Gasteiger partial charge in [0, 0.05) is 68.4 Å². The van der Waals surface area contributed by atoms with Gasteiger partial charge < -0.3 is 15.1 Å². The first kappa shape index (κ1) is 30.1. The molecule has 1 aromatic heterocycles. The molecule has 2 aromatic rings. The number of likely N-dealkylation sites (tertiary alicyclic amines) is 2. The van der Waals surface area contributed by atoms with Crippen LogP contribution < -0.4 is 10.6 Å². The standard InChI is InChI=1S/C33H39N7O6/c41-27-8-7-26(29(42)36-27)40-32(45)24-5-2-6-25(28(24)33(40)46)34-17-20-18-35-39(19-20)23-11-15-38(16-12-23)31(44)22-9-13-37(14-10-22)30(43)21-3-1-4-21/h2,5-6,18-19,21-23,26,34H,1,3-4,7-17H2,(H,36,41,42). The van der Waals surface area contributed by atoms with Gasteiger partial charge in [-0.1, -0.05) is 12.5 Å². The molecule has 46 heavy (non-hydrogen) atoms. The van der Waals surface area contributed by atoms with E-state index in [2.05, 4.69) is 15.7 Å². The van der Waals surface area contributed by atoms with Crippen molar-refractivity contribution in [2.75, 3.05) is 31.5 Å². The number of nitrogens with one attached hydrogen (secondary N) is 2. The topological polar surface area (TPSA) is 154 Å². The Morgan fingerprint density at radius 3 is 2.17 bits per heavy atom. The fraction of sp³-hybridized carbons (Fsp3) is 0.545. The highest BCUT2D eigenvalue weighted by molar-refractivity contribution is 6.25. The lowest BCUT2D eigenvalue weighted by atomic mass is 9.83. The van der Waals surface area contributed by atoms with Gasteiger partial charge >= 0.3 is 0 Å². The number of amides is 6. The number of nitrogens with zero attached hydrogens (tertiary/aromatic N) is 5. The molecule has 1 aromatic carbocycles. The zero-order valence-corrected chi connectivity index (χ0v) is 25.8. The van der Waals surface area contributed by atoms with Crippen molar-refractivity contribution in [1.29, 1.82) is 0 Å². The molecule has 1 aliphatic carbocycles. The van der Waals surface area contributed by atoms with E-state index in [9.17, 15) is 28.8 Å². The van der Waals surface area contributed by atoms with Crippen LogP contribution in [-0.4, -0.2) is 92.1 Å². The van der Waals surface area contributed by atoms with E-state index in [1.807, 2.05) is 20.7 Å². The minimum absolute atomic E-state index is 0.0120. The predicted octanol–water partition coefficient (Wildman–Crippen LogP) is 2.10. The van der Waals surface area contributed by atoms with Crippen molar-refractivity contribution in [1.82, 2.24) is 29.8 Å². The van der Waals surface area contributed by atoms with Crippen LogP contribution in [0.4, 0.5) is 5.69 Å². The Hall–Kier alpha value is -4.55. The van der Waals surface area contributed by atoms with Crippen LogP contribution in [0, 0.1) is 11.8 Å². The second-order valence-electron chi connectivity index (χ2n) is 13.1. The van der Waals surface area contributed by atoms with Gasteiger partial charge in [0.2, 0.25) is 23.6 Å². The van der Waals surface area contributed by atoms with Gasteiger partial charge in [-0.05, 0) is 57.1 Å². The van der Waals surface area contributed by atoms with E-state index in [0.717, 1.165) is 55.4 Å². The Morgan fingerprint density at radius 2 is 1.52 bits per heavy atom. The van der Waals surface area contributed by atoms with Crippen LogP contribution in [0.3, 0.4) is 0 Å². The molecule has 5 aliphatic rings. The number of anilines is 1. The molecule has 0 bridgehead atoms. The predicted molar refractivity (Wildman–Crippen MR) is 164 cm³/mol. The summed E-state index contributed by atoms with van der Waals surface area (Å²) in [6.45, 7) is 3.08. The first-order valence-electron chi connectivity index (χ1n) is 16.5. The number of aromatic nitrogens is 2. The summed E-state index contributed by atoms with van der Waals surface area (Å²) in [5, 5.41) is 10.1. The van der Waals surface area contributed by atoms with Gasteiger partial charge in [-0.2, -0.15) is 5.10 Å². The highest BCUT2D eigenvalue weighted by Gasteiger charge is 2.45. The van der Waals surface area contributed by atoms with Gasteiger partial charge in [0.25, 0.3) is 11.8 Å². The van der Waals surface area contributed by atoms with Gasteiger partial charge in [0.05, 0.1) is 23.4 Å². The average Bonchev–Trinajstić information content (AvgIpc) is 3.62. The Kier molecular flexibility index (Phi) is 8.07. The summed E-state index contributed by atoms with van der Waals surface area (Å²) in [6.07, 6.45) is 10.2. The number of hydrogen-bond donors (Lipinski definition) is 2. The molecule has 5 heterocycles. The van der Waals surface area contributed by atoms with E-state index in [1.54, 1.807) is 24.4 Å². The average molecular weight is 630 g/mol. The van der Waals surface area contributed by atoms with Crippen LogP contribution in [0.5, 0.6) is 0 Å². The third kappa shape index (κ3) is 5.56. The molecule has 242 valence electrons. The minimum Gasteiger partial charge on any atom is -0.380 e. The van der Waals surface area contributed by atoms with E-state index in [0.29, 0.717) is 38.4 Å². The molecule has 4 aliphatic heterocycles. The minimum atomic E-state index is -1.02. The Bertz CT molecular complexity index is 1580. The Labute approximate surface area is 266 Å². The first-order chi connectivity index (χ1) is 22.3. The molecular formula is C33H39N7O6. The third-order valence-electron chi connectivity index (χ3n) is 10.4. The number of carbonyl (C=O) groups excluding carboxylic acids is 6. The van der Waals surface area contributed by atoms with Crippen LogP contribution in [0.1, 0.15) is 90.1 Å². The molecule has 1 saturated carbocycles. The molecule has 1 unspecified atom stereocenters. The maximum atomic E-state index is 13.4. The van der Waals surface area contributed by atoms with Crippen molar-refractivity contribution in [3.63, 3.8) is 0 Å². The smallest absolute Gasteiger partial charge is 0.264 e. The van der Waals surface area contributed by atoms with Crippen LogP contribution in [0.25, 0.3) is 0 Å². The van der Waals surface area contributed by atoms with E-state index in [4.69, 9.17) is 0 Å². The normalized spacial score (nSPS) is 23.0. The van der Waals surface area contributed by atoms with Crippen LogP contribution >= 0.6 is 0 Å². The Balaban J connectivity index is 0.914. The maximum absolute atomic E-state index is 13.4. The second-order valence-corrected chi connectivity index (χ2v) is 13.1. The highest BCUT2D eigenvalue weighted by Crippen LogP contribution is 2.34. The van der Waals surface area contributed by atoms with Crippen molar-refractivity contribution in [3.05, 3.63) is 47.3 Å². The fourth-order valence-corrected chi connectivity index (χ4v) is 7.40. The van der Waals surface area contributed by atoms with E-state index in [1.165, 1.54) is 0 Å². The van der Waals surface area contributed by atoms with Crippen LogP contribution in [-0.2, 0) is 25.7 Å². The molecule has 0 spiro atoms. The van der Waals surface area contributed by atoms with Gasteiger partial charge in [-0.15, -0.1) is 0 Å². The molecule has 7 rings (SSSR count). The second kappa shape index (κ2) is 12.3. The molecule has 2 N–H and O–H groups in total. The van der Waals surface area contributed by atoms with Crippen molar-refractivity contribution in [3.8, 4) is 0 Å². The third-order valence-corrected chi connectivity index (χ3v) is 10.4. The molecular weight excluding hydrogens is 590 g/mol. The summed E-state index contributed by atoms with van der Waals surface area (Å²) >= 11 is 0. The molecule has 1 atom stereocenters. The van der Waals surface area contributed by atoms with E-state index < -0.39 is 29.7 Å². The number of imide groups is 2. The van der Waals surface area contributed by atoms with E-state index in [-0.39, 0.29) is 53.7 Å². The number of carbonyl (C=O) groups is 6. The largest absolute Gasteiger partial charge is 0.380 e. The molecule has 13 heteroatoms. The number of fused-ring (bicyclic) bond motifs is 1. The van der Waals surface area contributed by atoms with Crippen molar-refractivity contribution < 1.29 is 28.8 Å². The number of piperidine rings is 3. The van der Waals surface area contributed by atoms with Crippen LogP contribution in [0.2, 0.25) is 0 Å². The lowest BCUT2D eigenvalue weighted by molar-refractivity contribution is -0.144. The van der Waals surface area contributed by atoms with Crippen molar-refractivity contribution in [2.24, 2.45) is 11.8 Å². The van der Waals surface area contributed by atoms with Gasteiger partial charge in [-0.3, -0.25) is 43.7 Å². The Morgan fingerprint density at radius 1 is 0.848 bits per heavy atom. The summed E-state index contributed by atoms with van der Waals surface area (Å²) in [5.74, 6) is -1.47. The summed E-state index contributed by atoms with van der Waals surface area (Å²) in [4.78, 5) is 81.2. The number of hydrogen-bond acceptors (Lipinski definition) is 8. The quantitative estimate of drug-likeness (QED) is 0.442. The zero-order chi connectivity index (χ0) is 31.9. The monoisotopic (exact) mass is 629 g/mol. The van der Waals surface area contributed by atoms with Crippen molar-refractivity contribution in [2.45, 2.75) is 76.4 Å².